The van der Waals surface area contributed by atoms with Gasteiger partial charge in [0, 0.05) is 12.4 Å². The van der Waals surface area contributed by atoms with Crippen LogP contribution in [-0.2, 0) is 0 Å². The highest BCUT2D eigenvalue weighted by molar-refractivity contribution is 5.93. The predicted octanol–water partition coefficient (Wildman–Crippen LogP) is 1.47. The van der Waals surface area contributed by atoms with E-state index in [-0.39, 0.29) is 11.9 Å². The van der Waals surface area contributed by atoms with Crippen molar-refractivity contribution in [3.63, 3.8) is 0 Å². The molecule has 0 atom stereocenters. The fourth-order valence-electron chi connectivity index (χ4n) is 1.65. The number of nitrogens with two attached hydrogens (primary N) is 3. The van der Waals surface area contributed by atoms with E-state index in [1.165, 1.54) is 0 Å². The van der Waals surface area contributed by atoms with Crippen molar-refractivity contribution in [3.05, 3.63) is 59.9 Å². The summed E-state index contributed by atoms with van der Waals surface area (Å²) < 4.78 is 0. The molecule has 0 unspecified atom stereocenters. The van der Waals surface area contributed by atoms with Crippen molar-refractivity contribution >= 4 is 29.8 Å². The number of hydrogen-bond acceptors (Lipinski definition) is 2. The van der Waals surface area contributed by atoms with E-state index in [1.807, 2.05) is 48.6 Å². The second kappa shape index (κ2) is 6.85. The molecule has 0 aliphatic carbocycles. The number of hydrogen-bond donors (Lipinski definition) is 3. The van der Waals surface area contributed by atoms with Gasteiger partial charge in [0.05, 0.1) is 5.69 Å². The van der Waals surface area contributed by atoms with E-state index in [2.05, 4.69) is 15.0 Å². The molecule has 2 aromatic rings. The lowest BCUT2D eigenvalue weighted by Crippen LogP contribution is -2.26. The Balaban J connectivity index is 2.18. The summed E-state index contributed by atoms with van der Waals surface area (Å²) in [5, 5.41) is 0. The van der Waals surface area contributed by atoms with Crippen LogP contribution in [0.25, 0.3) is 12.2 Å². The molecule has 2 rings (SSSR count). The van der Waals surface area contributed by atoms with Crippen LogP contribution in [0.2, 0.25) is 0 Å². The first-order valence-electron chi connectivity index (χ1n) is 6.25. The van der Waals surface area contributed by atoms with Gasteiger partial charge in [0.2, 0.25) is 5.96 Å². The van der Waals surface area contributed by atoms with Crippen molar-refractivity contribution in [2.75, 3.05) is 0 Å². The molecular formula is C15H16N6. The molecular weight excluding hydrogens is 264 g/mol. The van der Waals surface area contributed by atoms with Crippen LogP contribution in [0, 0.1) is 0 Å². The molecule has 0 aliphatic heterocycles. The Labute approximate surface area is 122 Å². The summed E-state index contributed by atoms with van der Waals surface area (Å²) in [6, 6.07) is 11.4. The lowest BCUT2D eigenvalue weighted by Gasteiger charge is -1.98. The summed E-state index contributed by atoms with van der Waals surface area (Å²) >= 11 is 0. The van der Waals surface area contributed by atoms with Gasteiger partial charge in [-0.05, 0) is 35.4 Å². The van der Waals surface area contributed by atoms with Crippen LogP contribution in [0.4, 0.5) is 5.69 Å². The standard InChI is InChI=1S/C15H16N6/c16-14(17)21-15(18)20-13-3-1-2-12(10-13)5-4-11-6-8-19-9-7-11/h1-10H,(H6,16,17,18,20,21). The molecule has 0 fully saturated rings. The molecule has 21 heavy (non-hydrogen) atoms. The van der Waals surface area contributed by atoms with E-state index in [9.17, 15) is 0 Å². The third-order valence-electron chi connectivity index (χ3n) is 2.53. The Morgan fingerprint density at radius 3 is 2.38 bits per heavy atom. The zero-order valence-electron chi connectivity index (χ0n) is 11.3. The van der Waals surface area contributed by atoms with E-state index in [4.69, 9.17) is 17.2 Å². The minimum absolute atomic E-state index is 0.0188. The van der Waals surface area contributed by atoms with E-state index in [0.717, 1.165) is 11.1 Å². The maximum absolute atomic E-state index is 5.60. The number of nitrogens with zero attached hydrogens (tertiary/aromatic N) is 3. The van der Waals surface area contributed by atoms with Crippen LogP contribution in [0.5, 0.6) is 0 Å². The number of rotatable bonds is 3. The zero-order chi connectivity index (χ0) is 15.1. The molecule has 6 N–H and O–H groups in total. The molecule has 1 aromatic carbocycles. The number of pyridine rings is 1. The quantitative estimate of drug-likeness (QED) is 0.583. The van der Waals surface area contributed by atoms with Gasteiger partial charge in [-0.25, -0.2) is 4.99 Å². The third kappa shape index (κ3) is 4.79. The fraction of sp³-hybridized carbons (Fsp3) is 0. The van der Waals surface area contributed by atoms with Crippen LogP contribution < -0.4 is 17.2 Å². The molecule has 1 aromatic heterocycles. The van der Waals surface area contributed by atoms with Gasteiger partial charge in [-0.3, -0.25) is 4.98 Å². The second-order valence-electron chi connectivity index (χ2n) is 4.22. The average Bonchev–Trinajstić information content (AvgIpc) is 2.46. The van der Waals surface area contributed by atoms with Gasteiger partial charge in [0.15, 0.2) is 5.96 Å². The lowest BCUT2D eigenvalue weighted by molar-refractivity contribution is 1.32. The molecule has 6 nitrogen and oxygen atoms in total. The SMILES string of the molecule is NC(N)=NC(N)=Nc1cccc(C=Cc2ccncc2)c1. The predicted molar refractivity (Wildman–Crippen MR) is 86.7 cm³/mol. The highest BCUT2D eigenvalue weighted by Gasteiger charge is 1.94. The Hall–Kier alpha value is -3.15. The van der Waals surface area contributed by atoms with Crippen LogP contribution >= 0.6 is 0 Å². The zero-order valence-corrected chi connectivity index (χ0v) is 11.3. The minimum Gasteiger partial charge on any atom is -0.370 e. The Morgan fingerprint density at radius 2 is 1.67 bits per heavy atom. The van der Waals surface area contributed by atoms with Crippen LogP contribution in [-0.4, -0.2) is 16.9 Å². The summed E-state index contributed by atoms with van der Waals surface area (Å²) in [4.78, 5) is 11.8. The van der Waals surface area contributed by atoms with Gasteiger partial charge in [0.1, 0.15) is 0 Å². The van der Waals surface area contributed by atoms with Gasteiger partial charge >= 0.3 is 0 Å². The Bertz CT molecular complexity index is 684. The molecule has 0 radical (unpaired) electrons. The lowest BCUT2D eigenvalue weighted by atomic mass is 10.1. The number of benzene rings is 1. The van der Waals surface area contributed by atoms with Gasteiger partial charge < -0.3 is 17.2 Å². The van der Waals surface area contributed by atoms with Crippen molar-refractivity contribution in [1.29, 1.82) is 0 Å². The minimum atomic E-state index is -0.120. The summed E-state index contributed by atoms with van der Waals surface area (Å²) in [5.74, 6) is -0.102. The first kappa shape index (κ1) is 14.3. The van der Waals surface area contributed by atoms with Crippen molar-refractivity contribution in [1.82, 2.24) is 4.98 Å². The first-order valence-corrected chi connectivity index (χ1v) is 6.25. The smallest absolute Gasteiger partial charge is 0.223 e. The van der Waals surface area contributed by atoms with Gasteiger partial charge in [-0.2, -0.15) is 4.99 Å². The average molecular weight is 280 g/mol. The number of aromatic nitrogens is 1. The van der Waals surface area contributed by atoms with E-state index >= 15 is 0 Å². The molecule has 0 bridgehead atoms. The maximum Gasteiger partial charge on any atom is 0.223 e. The highest BCUT2D eigenvalue weighted by Crippen LogP contribution is 2.16. The fourth-order valence-corrected chi connectivity index (χ4v) is 1.65. The largest absolute Gasteiger partial charge is 0.370 e. The molecule has 0 spiro atoms. The van der Waals surface area contributed by atoms with Crippen molar-refractivity contribution in [2.24, 2.45) is 27.2 Å². The topological polar surface area (TPSA) is 116 Å². The molecule has 106 valence electrons. The van der Waals surface area contributed by atoms with Crippen molar-refractivity contribution in [3.8, 4) is 0 Å². The Morgan fingerprint density at radius 1 is 0.952 bits per heavy atom. The van der Waals surface area contributed by atoms with Crippen LogP contribution in [0.1, 0.15) is 11.1 Å². The summed E-state index contributed by atoms with van der Waals surface area (Å²) in [6.45, 7) is 0. The second-order valence-corrected chi connectivity index (χ2v) is 4.22. The molecule has 0 saturated carbocycles. The first-order chi connectivity index (χ1) is 10.1. The number of guanidine groups is 2. The molecule has 0 aliphatic rings. The molecule has 6 heteroatoms. The van der Waals surface area contributed by atoms with Crippen LogP contribution in [0.3, 0.4) is 0 Å². The molecule has 0 amide bonds. The van der Waals surface area contributed by atoms with E-state index < -0.39 is 0 Å². The van der Waals surface area contributed by atoms with Crippen molar-refractivity contribution in [2.45, 2.75) is 0 Å². The normalized spacial score (nSPS) is 11.5. The third-order valence-corrected chi connectivity index (χ3v) is 2.53. The maximum atomic E-state index is 5.60. The summed E-state index contributed by atoms with van der Waals surface area (Å²) in [7, 11) is 0. The van der Waals surface area contributed by atoms with Gasteiger partial charge in [0.25, 0.3) is 0 Å². The van der Waals surface area contributed by atoms with E-state index in [0.29, 0.717) is 5.69 Å². The molecule has 1 heterocycles. The number of aliphatic imine (C=N–C) groups is 2. The Kier molecular flexibility index (Phi) is 4.66. The monoisotopic (exact) mass is 280 g/mol. The summed E-state index contributed by atoms with van der Waals surface area (Å²) in [6.07, 6.45) is 7.46. The highest BCUT2D eigenvalue weighted by atomic mass is 15.1. The summed E-state index contributed by atoms with van der Waals surface area (Å²) in [5.41, 5.74) is 18.8. The van der Waals surface area contributed by atoms with Gasteiger partial charge in [-0.15, -0.1) is 0 Å². The van der Waals surface area contributed by atoms with Gasteiger partial charge in [-0.1, -0.05) is 24.3 Å². The van der Waals surface area contributed by atoms with Crippen LogP contribution in [0.15, 0.2) is 58.8 Å². The molecule has 0 saturated heterocycles. The van der Waals surface area contributed by atoms with E-state index in [1.54, 1.807) is 12.4 Å². The van der Waals surface area contributed by atoms with Crippen molar-refractivity contribution < 1.29 is 0 Å².